The number of aliphatic hydroxyl groups is 1. The summed E-state index contributed by atoms with van der Waals surface area (Å²) in [6.07, 6.45) is 0.818. The van der Waals surface area contributed by atoms with Gasteiger partial charge in [-0.15, -0.1) is 0 Å². The van der Waals surface area contributed by atoms with Crippen molar-refractivity contribution in [1.29, 1.82) is 0 Å². The number of rotatable bonds is 4. The highest BCUT2D eigenvalue weighted by atomic mass is 35.5. The molecule has 0 aliphatic heterocycles. The Kier molecular flexibility index (Phi) is 4.69. The molecule has 0 bridgehead atoms. The van der Waals surface area contributed by atoms with E-state index >= 15 is 0 Å². The minimum absolute atomic E-state index is 0.0890. The molecule has 0 heterocycles. The summed E-state index contributed by atoms with van der Waals surface area (Å²) in [6, 6.07) is 11.9. The summed E-state index contributed by atoms with van der Waals surface area (Å²) in [4.78, 5) is 0. The third-order valence-corrected chi connectivity index (χ3v) is 3.63. The third-order valence-electron chi connectivity index (χ3n) is 3.07. The summed E-state index contributed by atoms with van der Waals surface area (Å²) in [5.41, 5.74) is 0.730. The summed E-state index contributed by atoms with van der Waals surface area (Å²) < 4.78 is 13.4. The van der Waals surface area contributed by atoms with E-state index in [9.17, 15) is 9.50 Å². The summed E-state index contributed by atoms with van der Waals surface area (Å²) in [5, 5.41) is 11.2. The van der Waals surface area contributed by atoms with E-state index < -0.39 is 11.4 Å². The van der Waals surface area contributed by atoms with Crippen molar-refractivity contribution in [2.45, 2.75) is 25.4 Å². The van der Waals surface area contributed by atoms with E-state index in [2.05, 4.69) is 0 Å². The largest absolute Gasteiger partial charge is 0.389 e. The molecule has 4 heteroatoms. The quantitative estimate of drug-likeness (QED) is 0.870. The zero-order valence-corrected chi connectivity index (χ0v) is 12.5. The van der Waals surface area contributed by atoms with Crippen LogP contribution in [-0.2, 0) is 12.8 Å². The first-order chi connectivity index (χ1) is 9.35. The molecule has 20 heavy (non-hydrogen) atoms. The number of hydrogen-bond acceptors (Lipinski definition) is 1. The van der Waals surface area contributed by atoms with Gasteiger partial charge in [0.25, 0.3) is 0 Å². The van der Waals surface area contributed by atoms with Gasteiger partial charge in [-0.1, -0.05) is 41.4 Å². The highest BCUT2D eigenvalue weighted by Crippen LogP contribution is 2.22. The highest BCUT2D eigenvalue weighted by molar-refractivity contribution is 6.30. The van der Waals surface area contributed by atoms with Crippen molar-refractivity contribution in [3.05, 3.63) is 69.5 Å². The van der Waals surface area contributed by atoms with Gasteiger partial charge in [0, 0.05) is 17.9 Å². The molecule has 0 saturated carbocycles. The number of hydrogen-bond donors (Lipinski definition) is 1. The maximum atomic E-state index is 13.4. The lowest BCUT2D eigenvalue weighted by molar-refractivity contribution is 0.0608. The van der Waals surface area contributed by atoms with Gasteiger partial charge in [0.05, 0.1) is 10.6 Å². The van der Waals surface area contributed by atoms with Crippen molar-refractivity contribution in [2.24, 2.45) is 0 Å². The average Bonchev–Trinajstić information content (AvgIpc) is 2.36. The van der Waals surface area contributed by atoms with E-state index in [0.717, 1.165) is 5.56 Å². The maximum absolute atomic E-state index is 13.4. The predicted molar refractivity (Wildman–Crippen MR) is 80.9 cm³/mol. The van der Waals surface area contributed by atoms with Gasteiger partial charge in [0.2, 0.25) is 0 Å². The molecule has 1 unspecified atom stereocenters. The Morgan fingerprint density at radius 2 is 1.55 bits per heavy atom. The first-order valence-corrected chi connectivity index (χ1v) is 7.02. The van der Waals surface area contributed by atoms with Crippen LogP contribution in [0.15, 0.2) is 42.5 Å². The SMILES string of the molecule is CC(O)(Cc1ccc(Cl)cc1)Cc1ccc(Cl)c(F)c1. The third kappa shape index (κ3) is 4.20. The molecule has 2 aromatic rings. The standard InChI is InChI=1S/C16H15Cl2FO/c1-16(20,9-11-2-5-13(17)6-3-11)10-12-4-7-14(18)15(19)8-12/h2-8,20H,9-10H2,1H3. The molecule has 0 spiro atoms. The summed E-state index contributed by atoms with van der Waals surface area (Å²) >= 11 is 11.5. The van der Waals surface area contributed by atoms with E-state index in [0.29, 0.717) is 23.4 Å². The maximum Gasteiger partial charge on any atom is 0.142 e. The molecular weight excluding hydrogens is 298 g/mol. The van der Waals surface area contributed by atoms with Crippen LogP contribution in [0.4, 0.5) is 4.39 Å². The Morgan fingerprint density at radius 1 is 1.00 bits per heavy atom. The van der Waals surface area contributed by atoms with Gasteiger partial charge in [0.1, 0.15) is 5.82 Å². The minimum Gasteiger partial charge on any atom is -0.389 e. The van der Waals surface area contributed by atoms with Crippen molar-refractivity contribution in [3.63, 3.8) is 0 Å². The van der Waals surface area contributed by atoms with Gasteiger partial charge in [-0.3, -0.25) is 0 Å². The van der Waals surface area contributed by atoms with Gasteiger partial charge in [-0.2, -0.15) is 0 Å². The van der Waals surface area contributed by atoms with Crippen molar-refractivity contribution >= 4 is 23.2 Å². The van der Waals surface area contributed by atoms with Gasteiger partial charge in [-0.25, -0.2) is 4.39 Å². The van der Waals surface area contributed by atoms with Crippen molar-refractivity contribution < 1.29 is 9.50 Å². The average molecular weight is 313 g/mol. The smallest absolute Gasteiger partial charge is 0.142 e. The van der Waals surface area contributed by atoms with Crippen molar-refractivity contribution in [1.82, 2.24) is 0 Å². The molecular formula is C16H15Cl2FO. The van der Waals surface area contributed by atoms with Crippen LogP contribution in [-0.4, -0.2) is 10.7 Å². The molecule has 1 N–H and O–H groups in total. The van der Waals surface area contributed by atoms with Crippen LogP contribution in [0.1, 0.15) is 18.1 Å². The Hall–Kier alpha value is -1.09. The van der Waals surface area contributed by atoms with E-state index in [1.54, 1.807) is 25.1 Å². The molecule has 0 radical (unpaired) electrons. The molecule has 1 atom stereocenters. The molecule has 0 amide bonds. The second-order valence-electron chi connectivity index (χ2n) is 5.23. The Morgan fingerprint density at radius 3 is 2.15 bits per heavy atom. The predicted octanol–water partition coefficient (Wildman–Crippen LogP) is 4.67. The molecule has 0 fully saturated rings. The zero-order chi connectivity index (χ0) is 14.8. The lowest BCUT2D eigenvalue weighted by Gasteiger charge is -2.23. The Balaban J connectivity index is 2.09. The summed E-state index contributed by atoms with van der Waals surface area (Å²) in [5.74, 6) is -0.466. The van der Waals surface area contributed by atoms with E-state index in [-0.39, 0.29) is 5.02 Å². The first-order valence-electron chi connectivity index (χ1n) is 6.26. The fourth-order valence-corrected chi connectivity index (χ4v) is 2.44. The van der Waals surface area contributed by atoms with Gasteiger partial charge < -0.3 is 5.11 Å². The van der Waals surface area contributed by atoms with Crippen molar-refractivity contribution in [3.8, 4) is 0 Å². The van der Waals surface area contributed by atoms with Crippen LogP contribution >= 0.6 is 23.2 Å². The molecule has 2 aromatic carbocycles. The molecule has 0 aromatic heterocycles. The van der Waals surface area contributed by atoms with Crippen LogP contribution in [0.25, 0.3) is 0 Å². The van der Waals surface area contributed by atoms with E-state index in [1.807, 2.05) is 12.1 Å². The Labute approximate surface area is 128 Å². The zero-order valence-electron chi connectivity index (χ0n) is 11.0. The van der Waals surface area contributed by atoms with Crippen LogP contribution in [0.2, 0.25) is 10.0 Å². The second kappa shape index (κ2) is 6.13. The van der Waals surface area contributed by atoms with Crippen LogP contribution in [0.3, 0.4) is 0 Å². The molecule has 0 saturated heterocycles. The topological polar surface area (TPSA) is 20.2 Å². The van der Waals surface area contributed by atoms with Crippen LogP contribution in [0, 0.1) is 5.82 Å². The monoisotopic (exact) mass is 312 g/mol. The molecule has 106 valence electrons. The summed E-state index contributed by atoms with van der Waals surface area (Å²) in [6.45, 7) is 1.73. The van der Waals surface area contributed by atoms with Gasteiger partial charge >= 0.3 is 0 Å². The molecule has 0 aliphatic rings. The lowest BCUT2D eigenvalue weighted by Crippen LogP contribution is -2.30. The fraction of sp³-hybridized carbons (Fsp3) is 0.250. The van der Waals surface area contributed by atoms with Crippen molar-refractivity contribution in [2.75, 3.05) is 0 Å². The van der Waals surface area contributed by atoms with Crippen LogP contribution in [0.5, 0.6) is 0 Å². The Bertz CT molecular complexity index is 594. The fourth-order valence-electron chi connectivity index (χ4n) is 2.19. The summed E-state index contributed by atoms with van der Waals surface area (Å²) in [7, 11) is 0. The second-order valence-corrected chi connectivity index (χ2v) is 6.07. The first kappa shape index (κ1) is 15.3. The van der Waals surface area contributed by atoms with Crippen LogP contribution < -0.4 is 0 Å². The number of halogens is 3. The highest BCUT2D eigenvalue weighted by Gasteiger charge is 2.22. The minimum atomic E-state index is -0.964. The van der Waals surface area contributed by atoms with Gasteiger partial charge in [0.15, 0.2) is 0 Å². The number of benzene rings is 2. The molecule has 2 rings (SSSR count). The molecule has 1 nitrogen and oxygen atoms in total. The van der Waals surface area contributed by atoms with E-state index in [4.69, 9.17) is 23.2 Å². The van der Waals surface area contributed by atoms with E-state index in [1.165, 1.54) is 12.1 Å². The lowest BCUT2D eigenvalue weighted by atomic mass is 9.90. The van der Waals surface area contributed by atoms with Gasteiger partial charge in [-0.05, 0) is 42.3 Å². The molecule has 0 aliphatic carbocycles. The normalized spacial score (nSPS) is 14.1.